The summed E-state index contributed by atoms with van der Waals surface area (Å²) in [6.45, 7) is 12.0. The van der Waals surface area contributed by atoms with E-state index in [0.29, 0.717) is 0 Å². The second-order valence-electron chi connectivity index (χ2n) is 6.04. The molecule has 1 unspecified atom stereocenters. The van der Waals surface area contributed by atoms with Crippen LogP contribution in [0.5, 0.6) is 0 Å². The number of carbonyl (C=O) groups excluding carboxylic acids is 1. The molecule has 24 heavy (non-hydrogen) atoms. The highest BCUT2D eigenvalue weighted by Gasteiger charge is 2.19. The van der Waals surface area contributed by atoms with Crippen molar-refractivity contribution in [2.45, 2.75) is 34.1 Å². The maximum Gasteiger partial charge on any atom is 0.249 e. The average Bonchev–Trinajstić information content (AvgIpc) is 2.57. The van der Waals surface area contributed by atoms with Crippen LogP contribution in [0.15, 0.2) is 52.2 Å². The van der Waals surface area contributed by atoms with Crippen molar-refractivity contribution in [3.05, 3.63) is 47.2 Å². The molecule has 0 spiro atoms. The lowest BCUT2D eigenvalue weighted by Gasteiger charge is -2.20. The van der Waals surface area contributed by atoms with Crippen LogP contribution < -0.4 is 5.32 Å². The van der Waals surface area contributed by atoms with Gasteiger partial charge < -0.3 is 10.2 Å². The molecular weight excluding hydrogens is 298 g/mol. The highest BCUT2D eigenvalue weighted by atomic mass is 16.2. The molecule has 1 atom stereocenters. The molecule has 0 saturated heterocycles. The highest BCUT2D eigenvalue weighted by molar-refractivity contribution is 6.15. The Morgan fingerprint density at radius 2 is 1.92 bits per heavy atom. The van der Waals surface area contributed by atoms with Gasteiger partial charge in [0.2, 0.25) is 5.91 Å². The van der Waals surface area contributed by atoms with E-state index in [9.17, 15) is 4.79 Å². The van der Waals surface area contributed by atoms with Gasteiger partial charge in [-0.2, -0.15) is 0 Å². The zero-order valence-electron chi connectivity index (χ0n) is 16.5. The Labute approximate surface area is 147 Å². The van der Waals surface area contributed by atoms with Crippen molar-refractivity contribution in [1.29, 1.82) is 0 Å². The molecule has 134 valence electrons. The molecule has 4 heteroatoms. The van der Waals surface area contributed by atoms with Gasteiger partial charge in [-0.05, 0) is 37.8 Å². The van der Waals surface area contributed by atoms with Crippen LogP contribution in [0, 0.1) is 5.92 Å². The van der Waals surface area contributed by atoms with Gasteiger partial charge in [0.25, 0.3) is 0 Å². The van der Waals surface area contributed by atoms with Crippen molar-refractivity contribution >= 4 is 11.6 Å². The van der Waals surface area contributed by atoms with Gasteiger partial charge in [-0.1, -0.05) is 32.6 Å². The van der Waals surface area contributed by atoms with Crippen LogP contribution in [0.1, 0.15) is 34.1 Å². The Bertz CT molecular complexity index is 578. The molecule has 0 aliphatic heterocycles. The Kier molecular flexibility index (Phi) is 9.70. The van der Waals surface area contributed by atoms with E-state index in [4.69, 9.17) is 0 Å². The molecule has 1 amide bonds. The van der Waals surface area contributed by atoms with Crippen LogP contribution in [0.2, 0.25) is 0 Å². The Hall–Kier alpha value is -2.10. The number of hydrogen-bond acceptors (Lipinski definition) is 3. The molecular formula is C20H33N3O. The number of carbonyl (C=O) groups is 1. The minimum Gasteiger partial charge on any atom is -0.391 e. The maximum absolute atomic E-state index is 12.6. The molecule has 0 bridgehead atoms. The van der Waals surface area contributed by atoms with Crippen molar-refractivity contribution in [3.8, 4) is 0 Å². The summed E-state index contributed by atoms with van der Waals surface area (Å²) in [5.74, 6) is 0.197. The van der Waals surface area contributed by atoms with E-state index in [-0.39, 0.29) is 11.8 Å². The van der Waals surface area contributed by atoms with Gasteiger partial charge >= 0.3 is 0 Å². The smallest absolute Gasteiger partial charge is 0.249 e. The van der Waals surface area contributed by atoms with Gasteiger partial charge in [0.05, 0.1) is 5.71 Å². The molecule has 0 heterocycles. The SMILES string of the molecule is C=C/C=C(\C=C(\C(=O)N(C)C)C(C)CC)C(=N/C)/C(C)=C(\C)NC. The first-order valence-corrected chi connectivity index (χ1v) is 8.33. The van der Waals surface area contributed by atoms with Crippen molar-refractivity contribution < 1.29 is 4.79 Å². The monoisotopic (exact) mass is 331 g/mol. The van der Waals surface area contributed by atoms with Gasteiger partial charge in [0, 0.05) is 45.0 Å². The quantitative estimate of drug-likeness (QED) is 0.418. The first-order valence-electron chi connectivity index (χ1n) is 8.33. The predicted octanol–water partition coefficient (Wildman–Crippen LogP) is 3.74. The second-order valence-corrected chi connectivity index (χ2v) is 6.04. The van der Waals surface area contributed by atoms with Crippen LogP contribution in [0.25, 0.3) is 0 Å². The number of amides is 1. The standard InChI is InChI=1S/C20H33N3O/c1-10-12-17(19(22-7)15(4)16(5)21-6)13-18(14(3)11-2)20(24)23(8)9/h10,12-14,21H,1,11H2,2-9H3/b16-15+,17-12+,18-13+,22-19+. The molecule has 0 rings (SSSR count). The lowest BCUT2D eigenvalue weighted by molar-refractivity contribution is -0.125. The Morgan fingerprint density at radius 1 is 1.33 bits per heavy atom. The number of rotatable bonds is 8. The molecule has 0 aromatic heterocycles. The fraction of sp³-hybridized carbons (Fsp3) is 0.500. The number of allylic oxidation sites excluding steroid dienone is 6. The molecule has 0 aromatic carbocycles. The molecule has 0 aliphatic carbocycles. The second kappa shape index (κ2) is 10.6. The zero-order valence-corrected chi connectivity index (χ0v) is 16.5. The largest absolute Gasteiger partial charge is 0.391 e. The van der Waals surface area contributed by atoms with Crippen LogP contribution in [0.4, 0.5) is 0 Å². The summed E-state index contributed by atoms with van der Waals surface area (Å²) < 4.78 is 0. The first-order chi connectivity index (χ1) is 11.2. The number of nitrogens with one attached hydrogen (secondary N) is 1. The summed E-state index contributed by atoms with van der Waals surface area (Å²) in [5.41, 5.74) is 4.62. The van der Waals surface area contributed by atoms with Crippen molar-refractivity contribution in [2.24, 2.45) is 10.9 Å². The fourth-order valence-corrected chi connectivity index (χ4v) is 2.26. The molecule has 0 aliphatic rings. The summed E-state index contributed by atoms with van der Waals surface area (Å²) in [6.07, 6.45) is 6.48. The summed E-state index contributed by atoms with van der Waals surface area (Å²) in [7, 11) is 7.21. The highest BCUT2D eigenvalue weighted by Crippen LogP contribution is 2.21. The molecule has 0 fully saturated rings. The van der Waals surface area contributed by atoms with E-state index in [1.807, 2.05) is 33.0 Å². The number of hydrogen-bond donors (Lipinski definition) is 1. The van der Waals surface area contributed by atoms with E-state index < -0.39 is 0 Å². The minimum absolute atomic E-state index is 0.0294. The molecule has 0 aromatic rings. The van der Waals surface area contributed by atoms with E-state index >= 15 is 0 Å². The lowest BCUT2D eigenvalue weighted by atomic mass is 9.92. The van der Waals surface area contributed by atoms with E-state index in [2.05, 4.69) is 30.7 Å². The third-order valence-electron chi connectivity index (χ3n) is 4.19. The first kappa shape index (κ1) is 21.9. The van der Waals surface area contributed by atoms with Crippen molar-refractivity contribution in [3.63, 3.8) is 0 Å². The maximum atomic E-state index is 12.6. The van der Waals surface area contributed by atoms with E-state index in [0.717, 1.165) is 34.5 Å². The van der Waals surface area contributed by atoms with E-state index in [1.54, 1.807) is 32.1 Å². The minimum atomic E-state index is 0.0294. The zero-order chi connectivity index (χ0) is 18.9. The van der Waals surface area contributed by atoms with Crippen molar-refractivity contribution in [1.82, 2.24) is 10.2 Å². The Morgan fingerprint density at radius 3 is 2.29 bits per heavy atom. The van der Waals surface area contributed by atoms with E-state index in [1.165, 1.54) is 0 Å². The third-order valence-corrected chi connectivity index (χ3v) is 4.19. The fourth-order valence-electron chi connectivity index (χ4n) is 2.26. The van der Waals surface area contributed by atoms with Gasteiger partial charge in [-0.3, -0.25) is 9.79 Å². The number of likely N-dealkylation sites (N-methyl/N-ethyl adjacent to an activating group) is 1. The van der Waals surface area contributed by atoms with Crippen LogP contribution in [0.3, 0.4) is 0 Å². The van der Waals surface area contributed by atoms with Crippen LogP contribution in [-0.4, -0.2) is 44.7 Å². The number of nitrogens with zero attached hydrogens (tertiary/aromatic N) is 2. The average molecular weight is 332 g/mol. The molecule has 1 N–H and O–H groups in total. The van der Waals surface area contributed by atoms with Gasteiger partial charge in [-0.25, -0.2) is 0 Å². The van der Waals surface area contributed by atoms with Gasteiger partial charge in [-0.15, -0.1) is 0 Å². The molecule has 0 radical (unpaired) electrons. The summed E-state index contributed by atoms with van der Waals surface area (Å²) in [5, 5.41) is 3.15. The summed E-state index contributed by atoms with van der Waals surface area (Å²) in [6, 6.07) is 0. The van der Waals surface area contributed by atoms with Crippen LogP contribution >= 0.6 is 0 Å². The molecule has 0 saturated carbocycles. The lowest BCUT2D eigenvalue weighted by Crippen LogP contribution is -2.27. The predicted molar refractivity (Wildman–Crippen MR) is 105 cm³/mol. The number of aliphatic imine (C=N–C) groups is 1. The molecule has 4 nitrogen and oxygen atoms in total. The summed E-state index contributed by atoms with van der Waals surface area (Å²) >= 11 is 0. The summed E-state index contributed by atoms with van der Waals surface area (Å²) in [4.78, 5) is 18.7. The van der Waals surface area contributed by atoms with Crippen molar-refractivity contribution in [2.75, 3.05) is 28.2 Å². The Balaban J connectivity index is 6.27. The van der Waals surface area contributed by atoms with Gasteiger partial charge in [0.15, 0.2) is 0 Å². The van der Waals surface area contributed by atoms with Crippen LogP contribution in [-0.2, 0) is 4.79 Å². The van der Waals surface area contributed by atoms with Gasteiger partial charge in [0.1, 0.15) is 0 Å². The topological polar surface area (TPSA) is 44.7 Å². The third kappa shape index (κ3) is 5.84. The normalized spacial score (nSPS) is 15.6.